The van der Waals surface area contributed by atoms with Crippen molar-refractivity contribution in [2.24, 2.45) is 0 Å². The zero-order valence-electron chi connectivity index (χ0n) is 4.07. The van der Waals surface area contributed by atoms with Crippen molar-refractivity contribution < 1.29 is 19.5 Å². The van der Waals surface area contributed by atoms with Gasteiger partial charge in [-0.25, -0.2) is 0 Å². The van der Waals surface area contributed by atoms with Crippen LogP contribution < -0.4 is 0 Å². The van der Waals surface area contributed by atoms with Crippen LogP contribution in [0, 0.1) is 0 Å². The molecule has 0 aromatic heterocycles. The zero-order chi connectivity index (χ0) is 6.62. The van der Waals surface area contributed by atoms with E-state index in [0.29, 0.717) is 0 Å². The third kappa shape index (κ3) is 2.98. The lowest BCUT2D eigenvalue weighted by atomic mass is 10.4. The van der Waals surface area contributed by atoms with Gasteiger partial charge < -0.3 is 15.3 Å². The molecule has 5 heteroatoms. The maximum atomic E-state index is 9.59. The van der Waals surface area contributed by atoms with E-state index in [0.717, 1.165) is 0 Å². The normalized spacial score (nSPS) is 11.4. The van der Waals surface area contributed by atoms with Gasteiger partial charge in [0.2, 0.25) is 5.79 Å². The summed E-state index contributed by atoms with van der Waals surface area (Å²) in [5.41, 5.74) is 0. The van der Waals surface area contributed by atoms with Crippen molar-refractivity contribution in [3.05, 3.63) is 0 Å². The van der Waals surface area contributed by atoms with Gasteiger partial charge >= 0.3 is 11.7 Å². The van der Waals surface area contributed by atoms with Gasteiger partial charge in [-0.3, -0.25) is 0 Å². The first-order valence-electron chi connectivity index (χ1n) is 1.93. The highest BCUT2D eigenvalue weighted by molar-refractivity contribution is 7.65. The summed E-state index contributed by atoms with van der Waals surface area (Å²) < 4.78 is 9.59. The van der Waals surface area contributed by atoms with Gasteiger partial charge in [-0.2, -0.15) is 0 Å². The molecule has 0 radical (unpaired) electrons. The van der Waals surface area contributed by atoms with E-state index < -0.39 is 18.1 Å². The van der Waals surface area contributed by atoms with Crippen molar-refractivity contribution in [2.75, 3.05) is 12.4 Å². The van der Waals surface area contributed by atoms with Crippen molar-refractivity contribution in [1.82, 2.24) is 0 Å². The molecule has 0 spiro atoms. The Balaban J connectivity index is 3.53. The third-order valence-electron chi connectivity index (χ3n) is 0.543. The van der Waals surface area contributed by atoms with E-state index >= 15 is 0 Å². The van der Waals surface area contributed by atoms with E-state index in [1.165, 1.54) is 0 Å². The van der Waals surface area contributed by atoms with Crippen LogP contribution in [0.25, 0.3) is 0 Å². The molecule has 4 nitrogen and oxygen atoms in total. The highest BCUT2D eigenvalue weighted by Crippen LogP contribution is 1.94. The predicted molar refractivity (Wildman–Crippen MR) is 27.2 cm³/mol. The van der Waals surface area contributed by atoms with Crippen LogP contribution in [0.15, 0.2) is 0 Å². The molecule has 3 N–H and O–H groups in total. The minimum Gasteiger partial charge on any atom is -0.391 e. The summed E-state index contributed by atoms with van der Waals surface area (Å²) in [5.74, 6) is -2.62. The SMILES string of the molecule is O=[S+]CC(O)(O)CO. The number of hydrogen-bond acceptors (Lipinski definition) is 4. The molecule has 0 aromatic rings. The average Bonchev–Trinajstić information content (AvgIpc) is 1.67. The molecule has 0 fully saturated rings. The minimum atomic E-state index is -2.20. The Bertz CT molecular complexity index is 81.4. The van der Waals surface area contributed by atoms with Gasteiger partial charge in [-0.15, -0.1) is 0 Å². The van der Waals surface area contributed by atoms with Gasteiger partial charge in [0.15, 0.2) is 0 Å². The number of aliphatic hydroxyl groups is 3. The zero-order valence-corrected chi connectivity index (χ0v) is 4.89. The van der Waals surface area contributed by atoms with Crippen molar-refractivity contribution in [1.29, 1.82) is 0 Å². The van der Waals surface area contributed by atoms with E-state index in [1.54, 1.807) is 0 Å². The summed E-state index contributed by atoms with van der Waals surface area (Å²) in [6, 6.07) is 0. The molecule has 0 bridgehead atoms. The highest BCUT2D eigenvalue weighted by Gasteiger charge is 2.29. The maximum Gasteiger partial charge on any atom is 0.464 e. The lowest BCUT2D eigenvalue weighted by Gasteiger charge is -2.07. The molecule has 0 aliphatic heterocycles. The Labute approximate surface area is 50.3 Å². The topological polar surface area (TPSA) is 77.8 Å². The second kappa shape index (κ2) is 3.03. The molecule has 0 saturated heterocycles. The van der Waals surface area contributed by atoms with Gasteiger partial charge in [0.05, 0.1) is 0 Å². The fourth-order valence-electron chi connectivity index (χ4n) is 0.140. The lowest BCUT2D eigenvalue weighted by Crippen LogP contribution is -2.36. The van der Waals surface area contributed by atoms with Gasteiger partial charge in [0, 0.05) is 4.21 Å². The van der Waals surface area contributed by atoms with Crippen LogP contribution in [-0.4, -0.2) is 33.5 Å². The van der Waals surface area contributed by atoms with Crippen molar-refractivity contribution >= 4 is 11.7 Å². The van der Waals surface area contributed by atoms with Crippen molar-refractivity contribution in [2.45, 2.75) is 5.79 Å². The Hall–Kier alpha value is -0.100. The first-order chi connectivity index (χ1) is 3.62. The van der Waals surface area contributed by atoms with E-state index in [9.17, 15) is 4.21 Å². The second-order valence-corrected chi connectivity index (χ2v) is 1.93. The summed E-state index contributed by atoms with van der Waals surface area (Å²) >= 11 is 0.0231. The van der Waals surface area contributed by atoms with E-state index in [1.807, 2.05) is 0 Å². The summed E-state index contributed by atoms with van der Waals surface area (Å²) in [4.78, 5) is 0. The molecule has 0 atom stereocenters. The standard InChI is InChI=1S/C3H7O4S/c4-1-3(5,6)2-8-7/h4-6H,1-2H2/q+1. The quantitative estimate of drug-likeness (QED) is 0.315. The van der Waals surface area contributed by atoms with Gasteiger partial charge in [0.25, 0.3) is 5.75 Å². The van der Waals surface area contributed by atoms with Crippen molar-refractivity contribution in [3.8, 4) is 0 Å². The predicted octanol–water partition coefficient (Wildman–Crippen LogP) is -1.91. The third-order valence-corrected chi connectivity index (χ3v) is 1.12. The molecule has 0 unspecified atom stereocenters. The fraction of sp³-hybridized carbons (Fsp3) is 1.00. The molecule has 0 aromatic carbocycles. The molecule has 0 heterocycles. The molecule has 48 valence electrons. The number of aliphatic hydroxyl groups excluding tert-OH is 1. The lowest BCUT2D eigenvalue weighted by molar-refractivity contribution is -0.167. The smallest absolute Gasteiger partial charge is 0.391 e. The van der Waals surface area contributed by atoms with Crippen LogP contribution in [0.1, 0.15) is 0 Å². The van der Waals surface area contributed by atoms with Crippen LogP contribution in [0.3, 0.4) is 0 Å². The van der Waals surface area contributed by atoms with E-state index in [4.69, 9.17) is 15.3 Å². The molecular formula is C3H7O4S+. The Morgan fingerprint density at radius 2 is 2.00 bits per heavy atom. The highest BCUT2D eigenvalue weighted by atomic mass is 32.1. The minimum absolute atomic E-state index is 0.0231. The first kappa shape index (κ1) is 7.90. The van der Waals surface area contributed by atoms with Crippen LogP contribution in [0.2, 0.25) is 0 Å². The molecule has 0 aliphatic carbocycles. The number of rotatable bonds is 3. The molecule has 8 heavy (non-hydrogen) atoms. The molecule has 0 aliphatic rings. The summed E-state index contributed by atoms with van der Waals surface area (Å²) in [7, 11) is 0. The van der Waals surface area contributed by atoms with Crippen LogP contribution in [0.5, 0.6) is 0 Å². The number of hydrogen-bond donors (Lipinski definition) is 3. The van der Waals surface area contributed by atoms with Gasteiger partial charge in [0.1, 0.15) is 6.61 Å². The van der Waals surface area contributed by atoms with Crippen molar-refractivity contribution in [3.63, 3.8) is 0 Å². The summed E-state index contributed by atoms with van der Waals surface area (Å²) in [6.07, 6.45) is 0. The van der Waals surface area contributed by atoms with Gasteiger partial charge in [-0.1, -0.05) is 0 Å². The van der Waals surface area contributed by atoms with Crippen LogP contribution in [0.4, 0.5) is 0 Å². The maximum absolute atomic E-state index is 9.59. The molecule has 0 rings (SSSR count). The van der Waals surface area contributed by atoms with Gasteiger partial charge in [-0.05, 0) is 0 Å². The van der Waals surface area contributed by atoms with E-state index in [2.05, 4.69) is 0 Å². The largest absolute Gasteiger partial charge is 0.464 e. The monoisotopic (exact) mass is 139 g/mol. The summed E-state index contributed by atoms with van der Waals surface area (Å²) in [6.45, 7) is -0.803. The Morgan fingerprint density at radius 1 is 1.50 bits per heavy atom. The summed E-state index contributed by atoms with van der Waals surface area (Å²) in [5, 5.41) is 24.9. The van der Waals surface area contributed by atoms with Crippen LogP contribution >= 0.6 is 0 Å². The molecular weight excluding hydrogens is 132 g/mol. The van der Waals surface area contributed by atoms with E-state index in [-0.39, 0.29) is 11.7 Å². The second-order valence-electron chi connectivity index (χ2n) is 1.40. The average molecular weight is 139 g/mol. The fourth-order valence-corrected chi connectivity index (χ4v) is 0.420. The first-order valence-corrected chi connectivity index (χ1v) is 2.84. The van der Waals surface area contributed by atoms with Crippen LogP contribution in [-0.2, 0) is 15.9 Å². The molecule has 0 amide bonds. The molecule has 0 saturated carbocycles. The Morgan fingerprint density at radius 3 is 2.12 bits per heavy atom. The Kier molecular flexibility index (Phi) is 2.99.